The number of rotatable bonds is 4. The molecule has 0 amide bonds. The maximum atomic E-state index is 12.0. The van der Waals surface area contributed by atoms with E-state index < -0.39 is 15.4 Å². The van der Waals surface area contributed by atoms with Crippen molar-refractivity contribution in [3.8, 4) is 5.75 Å². The van der Waals surface area contributed by atoms with E-state index in [4.69, 9.17) is 10.5 Å². The zero-order chi connectivity index (χ0) is 14.8. The van der Waals surface area contributed by atoms with Crippen molar-refractivity contribution in [3.63, 3.8) is 0 Å². The Bertz CT molecular complexity index is 574. The normalized spacial score (nSPS) is 25.1. The highest BCUT2D eigenvalue weighted by Gasteiger charge is 2.41. The van der Waals surface area contributed by atoms with Gasteiger partial charge in [0.25, 0.3) is 0 Å². The van der Waals surface area contributed by atoms with Crippen molar-refractivity contribution in [2.24, 2.45) is 5.73 Å². The summed E-state index contributed by atoms with van der Waals surface area (Å²) in [7, 11) is 0.495. The van der Waals surface area contributed by atoms with Gasteiger partial charge in [-0.15, -0.1) is 0 Å². The molecule has 5 nitrogen and oxygen atoms in total. The van der Waals surface area contributed by atoms with Gasteiger partial charge in [0.2, 0.25) is 0 Å². The van der Waals surface area contributed by atoms with Crippen molar-refractivity contribution in [2.45, 2.75) is 18.4 Å². The predicted octanol–water partition coefficient (Wildman–Crippen LogP) is 1.04. The molecule has 112 valence electrons. The summed E-state index contributed by atoms with van der Waals surface area (Å²) >= 11 is 0. The number of nitrogens with zero attached hydrogens (tertiary/aromatic N) is 1. The molecule has 0 aliphatic carbocycles. The number of hydrogen-bond acceptors (Lipinski definition) is 5. The highest BCUT2D eigenvalue weighted by atomic mass is 32.2. The van der Waals surface area contributed by atoms with Crippen molar-refractivity contribution < 1.29 is 13.2 Å². The number of nitrogens with two attached hydrogens (primary N) is 1. The molecule has 2 rings (SSSR count). The van der Waals surface area contributed by atoms with Crippen LogP contribution in [0.15, 0.2) is 24.3 Å². The molecule has 1 saturated heterocycles. The number of benzene rings is 1. The van der Waals surface area contributed by atoms with Gasteiger partial charge in [-0.25, -0.2) is 8.42 Å². The lowest BCUT2D eigenvalue weighted by Gasteiger charge is -2.44. The fourth-order valence-electron chi connectivity index (χ4n) is 2.83. The van der Waals surface area contributed by atoms with Crippen LogP contribution in [0.5, 0.6) is 5.75 Å². The van der Waals surface area contributed by atoms with Crippen molar-refractivity contribution in [2.75, 3.05) is 37.1 Å². The van der Waals surface area contributed by atoms with E-state index in [1.807, 2.05) is 36.2 Å². The van der Waals surface area contributed by atoms with E-state index in [-0.39, 0.29) is 11.5 Å². The molecule has 1 aliphatic rings. The molecule has 1 heterocycles. The quantitative estimate of drug-likeness (QED) is 0.899. The van der Waals surface area contributed by atoms with Crippen LogP contribution in [-0.4, -0.2) is 46.2 Å². The average molecular weight is 298 g/mol. The third-order valence-corrected chi connectivity index (χ3v) is 6.01. The van der Waals surface area contributed by atoms with Crippen molar-refractivity contribution >= 4 is 15.5 Å². The van der Waals surface area contributed by atoms with Gasteiger partial charge >= 0.3 is 0 Å². The van der Waals surface area contributed by atoms with Crippen molar-refractivity contribution in [1.29, 1.82) is 0 Å². The Morgan fingerprint density at radius 2 is 2.20 bits per heavy atom. The van der Waals surface area contributed by atoms with Crippen LogP contribution in [0, 0.1) is 0 Å². The first-order valence-corrected chi connectivity index (χ1v) is 8.53. The highest BCUT2D eigenvalue weighted by molar-refractivity contribution is 7.91. The second-order valence-electron chi connectivity index (χ2n) is 5.38. The van der Waals surface area contributed by atoms with E-state index in [9.17, 15) is 8.42 Å². The molecule has 1 atom stereocenters. The second kappa shape index (κ2) is 5.61. The molecule has 0 radical (unpaired) electrons. The molecule has 1 unspecified atom stereocenters. The van der Waals surface area contributed by atoms with Crippen molar-refractivity contribution in [3.05, 3.63) is 24.3 Å². The Labute approximate surface area is 120 Å². The topological polar surface area (TPSA) is 72.6 Å². The molecule has 0 bridgehead atoms. The lowest BCUT2D eigenvalue weighted by Crippen LogP contribution is -2.59. The number of likely N-dealkylation sites (N-methyl/N-ethyl adjacent to an activating group) is 1. The van der Waals surface area contributed by atoms with Gasteiger partial charge in [-0.1, -0.05) is 6.07 Å². The number of ether oxygens (including phenoxy) is 1. The summed E-state index contributed by atoms with van der Waals surface area (Å²) in [6.07, 6.45) is 1.45. The number of sulfone groups is 1. The molecule has 1 aromatic carbocycles. The van der Waals surface area contributed by atoms with Crippen LogP contribution in [0.4, 0.5) is 5.69 Å². The maximum absolute atomic E-state index is 12.0. The van der Waals surface area contributed by atoms with Crippen LogP contribution in [0.2, 0.25) is 0 Å². The minimum absolute atomic E-state index is 0.115. The molecule has 0 aromatic heterocycles. The summed E-state index contributed by atoms with van der Waals surface area (Å²) in [6, 6.07) is 7.61. The first-order valence-electron chi connectivity index (χ1n) is 6.71. The molecule has 2 N–H and O–H groups in total. The standard InChI is InChI=1S/C14H22N2O3S/c1-16(12-5-3-6-13(9-12)19-2)14(10-15)7-4-8-20(17,18)11-14/h3,5-6,9H,4,7-8,10-11,15H2,1-2H3. The molecule has 1 fully saturated rings. The molecule has 0 spiro atoms. The summed E-state index contributed by atoms with van der Waals surface area (Å²) < 4.78 is 29.2. The third kappa shape index (κ3) is 2.91. The Kier molecular flexibility index (Phi) is 4.25. The smallest absolute Gasteiger partial charge is 0.152 e. The summed E-state index contributed by atoms with van der Waals surface area (Å²) in [5, 5.41) is 0. The molecular weight excluding hydrogens is 276 g/mol. The highest BCUT2D eigenvalue weighted by Crippen LogP contribution is 2.32. The minimum Gasteiger partial charge on any atom is -0.497 e. The summed E-state index contributed by atoms with van der Waals surface area (Å²) in [6.45, 7) is 0.319. The van der Waals surface area contributed by atoms with Gasteiger partial charge in [0, 0.05) is 25.3 Å². The van der Waals surface area contributed by atoms with Gasteiger partial charge in [0.15, 0.2) is 9.84 Å². The van der Waals surface area contributed by atoms with Gasteiger partial charge in [0.1, 0.15) is 5.75 Å². The maximum Gasteiger partial charge on any atom is 0.152 e. The summed E-state index contributed by atoms with van der Waals surface area (Å²) in [5.41, 5.74) is 6.33. The number of hydrogen-bond donors (Lipinski definition) is 1. The van der Waals surface area contributed by atoms with Crippen LogP contribution in [0.25, 0.3) is 0 Å². The van der Waals surface area contributed by atoms with E-state index in [0.717, 1.165) is 17.9 Å². The molecule has 20 heavy (non-hydrogen) atoms. The van der Waals surface area contributed by atoms with Gasteiger partial charge in [-0.3, -0.25) is 0 Å². The fourth-order valence-corrected chi connectivity index (χ4v) is 4.83. The molecule has 1 aliphatic heterocycles. The Hall–Kier alpha value is -1.27. The van der Waals surface area contributed by atoms with Crippen LogP contribution < -0.4 is 15.4 Å². The first kappa shape index (κ1) is 15.1. The molecule has 1 aromatic rings. The molecule has 0 saturated carbocycles. The largest absolute Gasteiger partial charge is 0.497 e. The van der Waals surface area contributed by atoms with Gasteiger partial charge < -0.3 is 15.4 Å². The Morgan fingerprint density at radius 1 is 1.45 bits per heavy atom. The third-order valence-electron chi connectivity index (χ3n) is 4.12. The average Bonchev–Trinajstić information content (AvgIpc) is 2.45. The number of anilines is 1. The van der Waals surface area contributed by atoms with Crippen molar-refractivity contribution in [1.82, 2.24) is 0 Å². The Balaban J connectivity index is 2.35. The zero-order valence-corrected chi connectivity index (χ0v) is 12.8. The molecular formula is C14H22N2O3S. The van der Waals surface area contributed by atoms with E-state index in [2.05, 4.69) is 0 Å². The predicted molar refractivity (Wildman–Crippen MR) is 81.1 cm³/mol. The van der Waals surface area contributed by atoms with E-state index in [0.29, 0.717) is 13.0 Å². The monoisotopic (exact) mass is 298 g/mol. The van der Waals surface area contributed by atoms with Crippen LogP contribution in [-0.2, 0) is 9.84 Å². The lowest BCUT2D eigenvalue weighted by molar-refractivity contribution is 0.396. The molecule has 6 heteroatoms. The van der Waals surface area contributed by atoms with Gasteiger partial charge in [0.05, 0.1) is 24.2 Å². The van der Waals surface area contributed by atoms with E-state index in [1.54, 1.807) is 7.11 Å². The summed E-state index contributed by atoms with van der Waals surface area (Å²) in [4.78, 5) is 1.99. The second-order valence-corrected chi connectivity index (χ2v) is 7.57. The lowest BCUT2D eigenvalue weighted by atomic mass is 9.93. The summed E-state index contributed by atoms with van der Waals surface area (Å²) in [5.74, 6) is 1.13. The Morgan fingerprint density at radius 3 is 2.80 bits per heavy atom. The first-order chi connectivity index (χ1) is 9.42. The minimum atomic E-state index is -3.02. The van der Waals surface area contributed by atoms with Crippen LogP contribution in [0.3, 0.4) is 0 Å². The van der Waals surface area contributed by atoms with E-state index in [1.165, 1.54) is 0 Å². The van der Waals surface area contributed by atoms with Crippen LogP contribution >= 0.6 is 0 Å². The zero-order valence-electron chi connectivity index (χ0n) is 12.0. The van der Waals surface area contributed by atoms with Gasteiger partial charge in [-0.05, 0) is 25.0 Å². The fraction of sp³-hybridized carbons (Fsp3) is 0.571. The van der Waals surface area contributed by atoms with E-state index >= 15 is 0 Å². The number of methoxy groups -OCH3 is 1. The van der Waals surface area contributed by atoms with Gasteiger partial charge in [-0.2, -0.15) is 0 Å². The SMILES string of the molecule is COc1cccc(N(C)C2(CN)CCCS(=O)(=O)C2)c1. The van der Waals surface area contributed by atoms with Crippen LogP contribution in [0.1, 0.15) is 12.8 Å².